The summed E-state index contributed by atoms with van der Waals surface area (Å²) >= 11 is 0. The van der Waals surface area contributed by atoms with E-state index in [-0.39, 0.29) is 5.54 Å². The Morgan fingerprint density at radius 3 is 2.95 bits per heavy atom. The van der Waals surface area contributed by atoms with E-state index in [9.17, 15) is 0 Å². The van der Waals surface area contributed by atoms with Gasteiger partial charge in [0.05, 0.1) is 5.54 Å². The number of hydrogen-bond acceptors (Lipinski definition) is 5. The fourth-order valence-electron chi connectivity index (χ4n) is 3.96. The lowest BCUT2D eigenvalue weighted by atomic mass is 9.79. The lowest BCUT2D eigenvalue weighted by Gasteiger charge is -2.50. The van der Waals surface area contributed by atoms with Crippen molar-refractivity contribution in [1.82, 2.24) is 24.9 Å². The van der Waals surface area contributed by atoms with Gasteiger partial charge in [-0.05, 0) is 19.8 Å². The van der Waals surface area contributed by atoms with E-state index in [4.69, 9.17) is 0 Å². The Morgan fingerprint density at radius 2 is 2.10 bits per heavy atom. The molecule has 0 radical (unpaired) electrons. The van der Waals surface area contributed by atoms with E-state index in [2.05, 4.69) is 31.3 Å². The van der Waals surface area contributed by atoms with Crippen molar-refractivity contribution >= 4 is 11.6 Å². The van der Waals surface area contributed by atoms with Gasteiger partial charge in [0.25, 0.3) is 5.78 Å². The highest BCUT2D eigenvalue weighted by atomic mass is 15.4. The summed E-state index contributed by atoms with van der Waals surface area (Å²) in [6.45, 7) is 5.16. The number of nitrogens with zero attached hydrogens (tertiary/aromatic N) is 5. The molecule has 6 heteroatoms. The van der Waals surface area contributed by atoms with Gasteiger partial charge in [-0.15, -0.1) is 0 Å². The predicted octanol–water partition coefficient (Wildman–Crippen LogP) is 1.55. The Bertz CT molecular complexity index is 634. The Morgan fingerprint density at radius 1 is 1.24 bits per heavy atom. The number of aromatic nitrogens is 4. The van der Waals surface area contributed by atoms with E-state index in [0.29, 0.717) is 5.78 Å². The molecule has 1 saturated heterocycles. The van der Waals surface area contributed by atoms with Crippen molar-refractivity contribution in [2.24, 2.45) is 0 Å². The second-order valence-corrected chi connectivity index (χ2v) is 6.34. The van der Waals surface area contributed by atoms with Crippen molar-refractivity contribution in [3.05, 3.63) is 18.1 Å². The van der Waals surface area contributed by atoms with Gasteiger partial charge in [-0.1, -0.05) is 19.3 Å². The minimum atomic E-state index is 0.239. The number of rotatable bonds is 1. The second kappa shape index (κ2) is 4.94. The van der Waals surface area contributed by atoms with Crippen molar-refractivity contribution in [2.45, 2.75) is 44.6 Å². The smallest absolute Gasteiger partial charge is 0.254 e. The third kappa shape index (κ3) is 2.09. The minimum absolute atomic E-state index is 0.239. The van der Waals surface area contributed by atoms with Crippen LogP contribution in [0.2, 0.25) is 0 Å². The third-order valence-corrected chi connectivity index (χ3v) is 4.96. The first-order valence-electron chi connectivity index (χ1n) is 7.94. The highest BCUT2D eigenvalue weighted by Gasteiger charge is 2.40. The van der Waals surface area contributed by atoms with Crippen LogP contribution in [0.5, 0.6) is 0 Å². The fraction of sp³-hybridized carbons (Fsp3) is 0.667. The van der Waals surface area contributed by atoms with Crippen LogP contribution >= 0.6 is 0 Å². The monoisotopic (exact) mass is 286 g/mol. The number of aryl methyl sites for hydroxylation is 1. The molecule has 0 atom stereocenters. The van der Waals surface area contributed by atoms with Crippen molar-refractivity contribution < 1.29 is 0 Å². The summed E-state index contributed by atoms with van der Waals surface area (Å²) in [4.78, 5) is 11.3. The summed E-state index contributed by atoms with van der Waals surface area (Å²) in [5.41, 5.74) is 1.25. The molecular formula is C15H22N6. The minimum Gasteiger partial charge on any atom is -0.348 e. The molecular weight excluding hydrogens is 264 g/mol. The summed E-state index contributed by atoms with van der Waals surface area (Å²) in [5, 5.41) is 7.99. The van der Waals surface area contributed by atoms with Crippen LogP contribution in [0.1, 0.15) is 37.8 Å². The zero-order chi connectivity index (χ0) is 14.3. The lowest BCUT2D eigenvalue weighted by molar-refractivity contribution is 0.239. The molecule has 1 N–H and O–H groups in total. The average molecular weight is 286 g/mol. The topological polar surface area (TPSA) is 58.4 Å². The van der Waals surface area contributed by atoms with Crippen LogP contribution in [0, 0.1) is 6.92 Å². The van der Waals surface area contributed by atoms with Crippen molar-refractivity contribution in [2.75, 3.05) is 24.5 Å². The molecule has 6 nitrogen and oxygen atoms in total. The summed E-state index contributed by atoms with van der Waals surface area (Å²) < 4.78 is 1.90. The first-order valence-corrected chi connectivity index (χ1v) is 7.94. The maximum atomic E-state index is 4.47. The third-order valence-electron chi connectivity index (χ3n) is 4.96. The molecule has 1 saturated carbocycles. The first kappa shape index (κ1) is 13.0. The highest BCUT2D eigenvalue weighted by molar-refractivity contribution is 5.50. The second-order valence-electron chi connectivity index (χ2n) is 6.34. The van der Waals surface area contributed by atoms with E-state index in [1.807, 2.05) is 11.4 Å². The summed E-state index contributed by atoms with van der Waals surface area (Å²) in [7, 11) is 0. The van der Waals surface area contributed by atoms with E-state index < -0.39 is 0 Å². The number of nitrogens with one attached hydrogen (secondary N) is 1. The quantitative estimate of drug-likeness (QED) is 0.862. The molecule has 4 rings (SSSR count). The van der Waals surface area contributed by atoms with Gasteiger partial charge in [-0.3, -0.25) is 0 Å². The number of anilines is 1. The van der Waals surface area contributed by atoms with Crippen LogP contribution in [-0.2, 0) is 0 Å². The van der Waals surface area contributed by atoms with Crippen LogP contribution in [0.4, 0.5) is 5.82 Å². The molecule has 0 aromatic carbocycles. The average Bonchev–Trinajstić information content (AvgIpc) is 2.96. The number of hydrogen-bond donors (Lipinski definition) is 1. The van der Waals surface area contributed by atoms with Crippen molar-refractivity contribution in [3.8, 4) is 0 Å². The normalized spacial score (nSPS) is 22.0. The van der Waals surface area contributed by atoms with Crippen LogP contribution in [0.15, 0.2) is 12.4 Å². The predicted molar refractivity (Wildman–Crippen MR) is 81.6 cm³/mol. The Kier molecular flexibility index (Phi) is 3.06. The van der Waals surface area contributed by atoms with E-state index in [0.717, 1.165) is 31.1 Å². The Balaban J connectivity index is 1.83. The van der Waals surface area contributed by atoms with Gasteiger partial charge in [0.15, 0.2) is 0 Å². The summed E-state index contributed by atoms with van der Waals surface area (Å²) in [5.74, 6) is 1.85. The Labute approximate surface area is 124 Å². The molecule has 1 aliphatic carbocycles. The van der Waals surface area contributed by atoms with Gasteiger partial charge in [0.2, 0.25) is 0 Å². The molecule has 112 valence electrons. The molecule has 0 unspecified atom stereocenters. The fourth-order valence-corrected chi connectivity index (χ4v) is 3.96. The molecule has 21 heavy (non-hydrogen) atoms. The number of piperazine rings is 1. The standard InChI is InChI=1S/C15H22N6/c1-12-9-13(21-14(19-12)17-11-18-21)20-8-7-16-10-15(20)5-3-2-4-6-15/h9,11,16H,2-8,10H2,1H3. The molecule has 1 aliphatic heterocycles. The van der Waals surface area contributed by atoms with Crippen LogP contribution < -0.4 is 10.2 Å². The largest absolute Gasteiger partial charge is 0.348 e. The molecule has 2 fully saturated rings. The van der Waals surface area contributed by atoms with Gasteiger partial charge in [0.1, 0.15) is 12.1 Å². The van der Waals surface area contributed by atoms with Gasteiger partial charge in [0, 0.05) is 31.4 Å². The van der Waals surface area contributed by atoms with E-state index in [1.165, 1.54) is 32.1 Å². The van der Waals surface area contributed by atoms with Gasteiger partial charge in [-0.2, -0.15) is 14.6 Å². The molecule has 0 bridgehead atoms. The van der Waals surface area contributed by atoms with Crippen molar-refractivity contribution in [3.63, 3.8) is 0 Å². The van der Waals surface area contributed by atoms with Gasteiger partial charge in [-0.25, -0.2) is 4.98 Å². The molecule has 2 aromatic heterocycles. The first-order chi connectivity index (χ1) is 10.3. The summed E-state index contributed by atoms with van der Waals surface area (Å²) in [6, 6.07) is 2.16. The van der Waals surface area contributed by atoms with Gasteiger partial charge < -0.3 is 10.2 Å². The molecule has 0 amide bonds. The van der Waals surface area contributed by atoms with Crippen LogP contribution in [-0.4, -0.2) is 44.8 Å². The van der Waals surface area contributed by atoms with Gasteiger partial charge >= 0.3 is 0 Å². The van der Waals surface area contributed by atoms with E-state index in [1.54, 1.807) is 6.33 Å². The SMILES string of the molecule is Cc1cc(N2CCNCC23CCCCC3)n2ncnc2n1. The zero-order valence-corrected chi connectivity index (χ0v) is 12.5. The highest BCUT2D eigenvalue weighted by Crippen LogP contribution is 2.37. The molecule has 1 spiro atoms. The lowest BCUT2D eigenvalue weighted by Crippen LogP contribution is -2.62. The zero-order valence-electron chi connectivity index (χ0n) is 12.5. The maximum Gasteiger partial charge on any atom is 0.254 e. The number of fused-ring (bicyclic) bond motifs is 1. The van der Waals surface area contributed by atoms with E-state index >= 15 is 0 Å². The molecule has 3 heterocycles. The molecule has 2 aromatic rings. The van der Waals surface area contributed by atoms with Crippen molar-refractivity contribution in [1.29, 1.82) is 0 Å². The maximum absolute atomic E-state index is 4.47. The van der Waals surface area contributed by atoms with Crippen LogP contribution in [0.25, 0.3) is 5.78 Å². The summed E-state index contributed by atoms with van der Waals surface area (Å²) in [6.07, 6.45) is 8.13. The Hall–Kier alpha value is -1.69. The molecule has 2 aliphatic rings. The van der Waals surface area contributed by atoms with Crippen LogP contribution in [0.3, 0.4) is 0 Å².